The molecule has 232 valence electrons. The Morgan fingerprint density at radius 2 is 1.36 bits per heavy atom. The minimum atomic E-state index is -0.934. The fraction of sp³-hybridized carbons (Fsp3) is 0.559. The van der Waals surface area contributed by atoms with Crippen LogP contribution in [0.2, 0.25) is 0 Å². The number of rotatable bonds is 17. The van der Waals surface area contributed by atoms with E-state index in [1.807, 2.05) is 60.7 Å². The molecule has 8 heteroatoms. The molecule has 3 rings (SSSR count). The first-order valence-electron chi connectivity index (χ1n) is 14.9. The standard InChI is InChI=1S/C34H48O8/c1-34(2,3)33(36)42-31-30(40-25-27-19-13-10-14-20-27)29(39-24-26-17-11-9-12-18-26)28(23-35)41-32(31)38-22-16-8-6-5-7-15-21-37-4/h5-6,9-14,17-20,28-32,35H,7-8,15-16,21-25H2,1-4H3/t28?,29-,30?,31-,32?/m0/s1. The molecule has 0 bridgehead atoms. The van der Waals surface area contributed by atoms with E-state index in [1.54, 1.807) is 27.9 Å². The van der Waals surface area contributed by atoms with Crippen LogP contribution in [0, 0.1) is 5.41 Å². The SMILES string of the molecule is COCCCC=CCCCOC1OC(CO)[C@H](OCc2ccccc2)C(OCc2ccccc2)[C@@H]1OC(=O)C(C)(C)C. The highest BCUT2D eigenvalue weighted by Crippen LogP contribution is 2.32. The van der Waals surface area contributed by atoms with Crippen LogP contribution >= 0.6 is 0 Å². The van der Waals surface area contributed by atoms with Crippen LogP contribution in [0.1, 0.15) is 57.6 Å². The Morgan fingerprint density at radius 3 is 1.88 bits per heavy atom. The number of hydrogen-bond acceptors (Lipinski definition) is 8. The zero-order valence-corrected chi connectivity index (χ0v) is 25.5. The van der Waals surface area contributed by atoms with Gasteiger partial charge >= 0.3 is 5.97 Å². The van der Waals surface area contributed by atoms with Crippen LogP contribution in [0.3, 0.4) is 0 Å². The molecule has 1 fully saturated rings. The molecular weight excluding hydrogens is 536 g/mol. The van der Waals surface area contributed by atoms with Crippen LogP contribution in [0.15, 0.2) is 72.8 Å². The maximum atomic E-state index is 13.2. The monoisotopic (exact) mass is 584 g/mol. The average Bonchev–Trinajstić information content (AvgIpc) is 2.99. The molecule has 42 heavy (non-hydrogen) atoms. The number of ether oxygens (including phenoxy) is 6. The number of carbonyl (C=O) groups excluding carboxylic acids is 1. The Bertz CT molecular complexity index is 1040. The van der Waals surface area contributed by atoms with Gasteiger partial charge in [-0.25, -0.2) is 0 Å². The fourth-order valence-electron chi connectivity index (χ4n) is 4.49. The summed E-state index contributed by atoms with van der Waals surface area (Å²) in [5, 5.41) is 10.4. The Kier molecular flexibility index (Phi) is 14.7. The number of allylic oxidation sites excluding steroid dienone is 2. The topological polar surface area (TPSA) is 92.7 Å². The Morgan fingerprint density at radius 1 is 0.810 bits per heavy atom. The fourth-order valence-corrected chi connectivity index (χ4v) is 4.49. The molecule has 1 heterocycles. The highest BCUT2D eigenvalue weighted by atomic mass is 16.7. The highest BCUT2D eigenvalue weighted by molar-refractivity contribution is 5.75. The molecule has 8 nitrogen and oxygen atoms in total. The molecule has 2 aromatic carbocycles. The van der Waals surface area contributed by atoms with Gasteiger partial charge in [0, 0.05) is 13.7 Å². The van der Waals surface area contributed by atoms with Crippen LogP contribution < -0.4 is 0 Å². The van der Waals surface area contributed by atoms with Gasteiger partial charge in [0.15, 0.2) is 12.4 Å². The number of aliphatic hydroxyl groups is 1. The van der Waals surface area contributed by atoms with Gasteiger partial charge in [0.25, 0.3) is 0 Å². The van der Waals surface area contributed by atoms with Crippen molar-refractivity contribution in [1.82, 2.24) is 0 Å². The molecule has 0 saturated carbocycles. The van der Waals surface area contributed by atoms with E-state index in [9.17, 15) is 9.90 Å². The van der Waals surface area contributed by atoms with E-state index >= 15 is 0 Å². The van der Waals surface area contributed by atoms with Crippen LogP contribution in [-0.4, -0.2) is 68.7 Å². The third-order valence-corrected chi connectivity index (χ3v) is 6.88. The third kappa shape index (κ3) is 11.2. The van der Waals surface area contributed by atoms with Gasteiger partial charge < -0.3 is 33.5 Å². The molecule has 0 radical (unpaired) electrons. The van der Waals surface area contributed by atoms with Crippen LogP contribution in [0.25, 0.3) is 0 Å². The van der Waals surface area contributed by atoms with Crippen LogP contribution in [-0.2, 0) is 46.4 Å². The van der Waals surface area contributed by atoms with Gasteiger partial charge in [0.2, 0.25) is 0 Å². The Hall–Kier alpha value is -2.59. The van der Waals surface area contributed by atoms with Gasteiger partial charge in [-0.3, -0.25) is 4.79 Å². The first-order chi connectivity index (χ1) is 20.3. The summed E-state index contributed by atoms with van der Waals surface area (Å²) in [5.74, 6) is -0.402. The highest BCUT2D eigenvalue weighted by Gasteiger charge is 2.50. The van der Waals surface area contributed by atoms with Crippen molar-refractivity contribution < 1.29 is 38.3 Å². The second kappa shape index (κ2) is 18.2. The van der Waals surface area contributed by atoms with Crippen molar-refractivity contribution in [3.8, 4) is 0 Å². The number of carbonyl (C=O) groups is 1. The van der Waals surface area contributed by atoms with Crippen molar-refractivity contribution in [3.63, 3.8) is 0 Å². The summed E-state index contributed by atoms with van der Waals surface area (Å²) in [6.45, 7) is 6.76. The minimum Gasteiger partial charge on any atom is -0.454 e. The number of methoxy groups -OCH3 is 1. The van der Waals surface area contributed by atoms with Gasteiger partial charge in [-0.2, -0.15) is 0 Å². The van der Waals surface area contributed by atoms with Crippen molar-refractivity contribution >= 4 is 5.97 Å². The lowest BCUT2D eigenvalue weighted by Crippen LogP contribution is -2.62. The zero-order valence-electron chi connectivity index (χ0n) is 25.5. The van der Waals surface area contributed by atoms with Gasteiger partial charge in [-0.15, -0.1) is 0 Å². The molecule has 0 aromatic heterocycles. The number of unbranched alkanes of at least 4 members (excludes halogenated alkanes) is 2. The molecule has 0 spiro atoms. The first kappa shape index (κ1) is 33.9. The summed E-state index contributed by atoms with van der Waals surface area (Å²) in [7, 11) is 1.71. The van der Waals surface area contributed by atoms with Crippen molar-refractivity contribution in [2.75, 3.05) is 26.9 Å². The molecule has 1 aliphatic rings. The van der Waals surface area contributed by atoms with Crippen LogP contribution in [0.5, 0.6) is 0 Å². The van der Waals surface area contributed by atoms with Gasteiger partial charge in [-0.1, -0.05) is 72.8 Å². The van der Waals surface area contributed by atoms with E-state index in [4.69, 9.17) is 28.4 Å². The maximum Gasteiger partial charge on any atom is 0.311 e. The molecule has 0 aliphatic carbocycles. The van der Waals surface area contributed by atoms with Crippen molar-refractivity contribution in [3.05, 3.63) is 83.9 Å². The Balaban J connectivity index is 1.79. The second-order valence-electron chi connectivity index (χ2n) is 11.5. The van der Waals surface area contributed by atoms with Gasteiger partial charge in [0.05, 0.1) is 31.8 Å². The van der Waals surface area contributed by atoms with Gasteiger partial charge in [-0.05, 0) is 57.6 Å². The smallest absolute Gasteiger partial charge is 0.311 e. The molecule has 1 N–H and O–H groups in total. The molecule has 2 aromatic rings. The predicted molar refractivity (Wildman–Crippen MR) is 161 cm³/mol. The average molecular weight is 585 g/mol. The van der Waals surface area contributed by atoms with E-state index in [1.165, 1.54) is 0 Å². The summed E-state index contributed by atoms with van der Waals surface area (Å²) in [6.07, 6.45) is 3.77. The second-order valence-corrected chi connectivity index (χ2v) is 11.5. The molecular formula is C34H48O8. The summed E-state index contributed by atoms with van der Waals surface area (Å²) in [6, 6.07) is 19.5. The Labute approximate surface area is 250 Å². The summed E-state index contributed by atoms with van der Waals surface area (Å²) in [4.78, 5) is 13.2. The normalized spacial score (nSPS) is 22.8. The van der Waals surface area contributed by atoms with Crippen molar-refractivity contribution in [2.24, 2.45) is 5.41 Å². The summed E-state index contributed by atoms with van der Waals surface area (Å²) >= 11 is 0. The lowest BCUT2D eigenvalue weighted by molar-refractivity contribution is -0.320. The predicted octanol–water partition coefficient (Wildman–Crippen LogP) is 5.61. The number of esters is 1. The van der Waals surface area contributed by atoms with E-state index < -0.39 is 42.1 Å². The lowest BCUT2D eigenvalue weighted by atomic mass is 9.95. The van der Waals surface area contributed by atoms with E-state index in [0.29, 0.717) is 6.61 Å². The van der Waals surface area contributed by atoms with Gasteiger partial charge in [0.1, 0.15) is 18.3 Å². The van der Waals surface area contributed by atoms with Crippen LogP contribution in [0.4, 0.5) is 0 Å². The minimum absolute atomic E-state index is 0.263. The first-order valence-corrected chi connectivity index (χ1v) is 14.9. The van der Waals surface area contributed by atoms with E-state index in [2.05, 4.69) is 12.2 Å². The molecule has 1 aliphatic heterocycles. The summed E-state index contributed by atoms with van der Waals surface area (Å²) < 4.78 is 36.4. The molecule has 3 unspecified atom stereocenters. The lowest BCUT2D eigenvalue weighted by Gasteiger charge is -2.45. The van der Waals surface area contributed by atoms with Crippen molar-refractivity contribution in [2.45, 2.75) is 90.4 Å². The zero-order chi connectivity index (χ0) is 30.2. The molecule has 0 amide bonds. The summed E-state index contributed by atoms with van der Waals surface area (Å²) in [5.41, 5.74) is 1.17. The van der Waals surface area contributed by atoms with E-state index in [-0.39, 0.29) is 19.8 Å². The largest absolute Gasteiger partial charge is 0.454 e. The molecule has 1 saturated heterocycles. The third-order valence-electron chi connectivity index (χ3n) is 6.88. The quantitative estimate of drug-likeness (QED) is 0.146. The molecule has 5 atom stereocenters. The van der Waals surface area contributed by atoms with Crippen molar-refractivity contribution in [1.29, 1.82) is 0 Å². The maximum absolute atomic E-state index is 13.2. The number of benzene rings is 2. The van der Waals surface area contributed by atoms with E-state index in [0.717, 1.165) is 43.4 Å². The number of hydrogen-bond donors (Lipinski definition) is 1. The number of aliphatic hydroxyl groups excluding tert-OH is 1.